The highest BCUT2D eigenvalue weighted by molar-refractivity contribution is 7.89. The van der Waals surface area contributed by atoms with Crippen LogP contribution in [-0.4, -0.2) is 18.2 Å². The Morgan fingerprint density at radius 3 is 2.04 bits per heavy atom. The normalized spacial score (nSPS) is 11.7. The molecule has 0 fully saturated rings. The summed E-state index contributed by atoms with van der Waals surface area (Å²) in [6.07, 6.45) is 0. The average molecular weight is 355 g/mol. The lowest BCUT2D eigenvalue weighted by atomic mass is 9.98. The number of primary sulfonamides is 1. The lowest BCUT2D eigenvalue weighted by Gasteiger charge is -2.06. The molecule has 1 aromatic heterocycles. The van der Waals surface area contributed by atoms with Gasteiger partial charge in [-0.05, 0) is 38.5 Å². The quantitative estimate of drug-likeness (QED) is 0.778. The molecule has 0 bridgehead atoms. The molecule has 0 unspecified atom stereocenters. The van der Waals surface area contributed by atoms with Gasteiger partial charge in [-0.1, -0.05) is 42.0 Å². The highest BCUT2D eigenvalue weighted by atomic mass is 32.2. The van der Waals surface area contributed by atoms with Crippen molar-refractivity contribution in [1.82, 2.24) is 9.78 Å². The molecule has 0 radical (unpaired) electrons. The van der Waals surface area contributed by atoms with E-state index in [-0.39, 0.29) is 4.90 Å². The number of aromatic nitrogens is 2. The second kappa shape index (κ2) is 6.46. The van der Waals surface area contributed by atoms with Gasteiger partial charge >= 0.3 is 0 Å². The topological polar surface area (TPSA) is 78.0 Å². The zero-order valence-electron chi connectivity index (χ0n) is 14.5. The Bertz CT molecular complexity index is 1000. The number of benzene rings is 2. The van der Waals surface area contributed by atoms with Crippen molar-refractivity contribution in [2.75, 3.05) is 0 Å². The summed E-state index contributed by atoms with van der Waals surface area (Å²) in [4.78, 5) is 0.0970. The van der Waals surface area contributed by atoms with Crippen LogP contribution in [0.1, 0.15) is 18.2 Å². The molecule has 6 heteroatoms. The Morgan fingerprint density at radius 1 is 0.960 bits per heavy atom. The molecule has 0 aliphatic rings. The molecule has 0 amide bonds. The predicted molar refractivity (Wildman–Crippen MR) is 99.6 cm³/mol. The van der Waals surface area contributed by atoms with Crippen LogP contribution in [-0.2, 0) is 16.6 Å². The van der Waals surface area contributed by atoms with Gasteiger partial charge in [0.05, 0.1) is 4.90 Å². The van der Waals surface area contributed by atoms with Crippen LogP contribution in [0.25, 0.3) is 22.4 Å². The molecular weight excluding hydrogens is 334 g/mol. The number of sulfonamides is 1. The van der Waals surface area contributed by atoms with Gasteiger partial charge in [0.1, 0.15) is 5.69 Å². The molecule has 3 rings (SSSR count). The Balaban J connectivity index is 2.17. The van der Waals surface area contributed by atoms with Crippen LogP contribution in [0.5, 0.6) is 0 Å². The van der Waals surface area contributed by atoms with Crippen LogP contribution in [0.3, 0.4) is 0 Å². The number of rotatable bonds is 4. The summed E-state index contributed by atoms with van der Waals surface area (Å²) in [7, 11) is -3.70. The fourth-order valence-electron chi connectivity index (χ4n) is 2.92. The number of nitrogens with zero attached hydrogens (tertiary/aromatic N) is 2. The van der Waals surface area contributed by atoms with Crippen molar-refractivity contribution in [3.05, 3.63) is 59.8 Å². The number of aryl methyl sites for hydroxylation is 2. The van der Waals surface area contributed by atoms with Crippen LogP contribution in [0.4, 0.5) is 0 Å². The van der Waals surface area contributed by atoms with E-state index < -0.39 is 10.0 Å². The van der Waals surface area contributed by atoms with Crippen molar-refractivity contribution in [1.29, 1.82) is 0 Å². The van der Waals surface area contributed by atoms with E-state index in [1.807, 2.05) is 18.5 Å². The van der Waals surface area contributed by atoms with E-state index in [9.17, 15) is 8.42 Å². The van der Waals surface area contributed by atoms with E-state index in [1.165, 1.54) is 17.7 Å². The summed E-state index contributed by atoms with van der Waals surface area (Å²) < 4.78 is 24.9. The maximum absolute atomic E-state index is 11.5. The van der Waals surface area contributed by atoms with E-state index >= 15 is 0 Å². The largest absolute Gasteiger partial charge is 0.269 e. The van der Waals surface area contributed by atoms with E-state index in [4.69, 9.17) is 10.2 Å². The highest BCUT2D eigenvalue weighted by Crippen LogP contribution is 2.34. The van der Waals surface area contributed by atoms with E-state index in [2.05, 4.69) is 31.2 Å². The van der Waals surface area contributed by atoms with Crippen LogP contribution in [0, 0.1) is 13.8 Å². The monoisotopic (exact) mass is 355 g/mol. The molecule has 0 atom stereocenters. The number of hydrogen-bond donors (Lipinski definition) is 1. The highest BCUT2D eigenvalue weighted by Gasteiger charge is 2.18. The Hall–Kier alpha value is -2.44. The zero-order valence-corrected chi connectivity index (χ0v) is 15.3. The second-order valence-corrected chi connectivity index (χ2v) is 7.62. The molecule has 3 aromatic rings. The maximum atomic E-state index is 11.5. The van der Waals surface area contributed by atoms with E-state index in [0.29, 0.717) is 0 Å². The smallest absolute Gasteiger partial charge is 0.238 e. The summed E-state index contributed by atoms with van der Waals surface area (Å²) in [6, 6.07) is 14.9. The first-order valence-corrected chi connectivity index (χ1v) is 9.63. The fraction of sp³-hybridized carbons (Fsp3) is 0.211. The van der Waals surface area contributed by atoms with Crippen molar-refractivity contribution in [2.45, 2.75) is 32.2 Å². The maximum Gasteiger partial charge on any atom is 0.238 e. The SMILES string of the molecule is CCn1nc(-c2ccc(S(N)(=O)=O)cc2)c(-c2ccc(C)cc2)c1C. The van der Waals surface area contributed by atoms with Gasteiger partial charge in [-0.15, -0.1) is 0 Å². The minimum atomic E-state index is -3.70. The number of hydrogen-bond acceptors (Lipinski definition) is 3. The summed E-state index contributed by atoms with van der Waals surface area (Å²) >= 11 is 0. The molecule has 25 heavy (non-hydrogen) atoms. The fourth-order valence-corrected chi connectivity index (χ4v) is 3.44. The summed E-state index contributed by atoms with van der Waals surface area (Å²) in [5.74, 6) is 0. The Labute approximate surface area is 148 Å². The van der Waals surface area contributed by atoms with Gasteiger partial charge in [0.2, 0.25) is 10.0 Å². The molecule has 0 aliphatic carbocycles. The standard InChI is InChI=1S/C19H21N3O2S/c1-4-22-14(3)18(15-7-5-13(2)6-8-15)19(21-22)16-9-11-17(12-10-16)25(20,23)24/h5-12H,4H2,1-3H3,(H2,20,23,24). The Morgan fingerprint density at radius 2 is 1.52 bits per heavy atom. The van der Waals surface area contributed by atoms with Gasteiger partial charge in [0.25, 0.3) is 0 Å². The van der Waals surface area contributed by atoms with Gasteiger partial charge < -0.3 is 0 Å². The average Bonchev–Trinajstić information content (AvgIpc) is 2.91. The molecule has 0 saturated carbocycles. The number of nitrogens with two attached hydrogens (primary N) is 1. The molecule has 1 heterocycles. The summed E-state index contributed by atoms with van der Waals surface area (Å²) in [5, 5.41) is 9.91. The first-order valence-electron chi connectivity index (χ1n) is 8.09. The van der Waals surface area contributed by atoms with Gasteiger partial charge in [-0.25, -0.2) is 13.6 Å². The van der Waals surface area contributed by atoms with Crippen LogP contribution in [0.2, 0.25) is 0 Å². The van der Waals surface area contributed by atoms with Gasteiger partial charge in [-0.3, -0.25) is 4.68 Å². The second-order valence-electron chi connectivity index (χ2n) is 6.06. The van der Waals surface area contributed by atoms with Crippen molar-refractivity contribution < 1.29 is 8.42 Å². The minimum absolute atomic E-state index is 0.0970. The summed E-state index contributed by atoms with van der Waals surface area (Å²) in [5.41, 5.74) is 6.13. The third kappa shape index (κ3) is 3.36. The molecular formula is C19H21N3O2S. The lowest BCUT2D eigenvalue weighted by Crippen LogP contribution is -2.11. The summed E-state index contributed by atoms with van der Waals surface area (Å²) in [6.45, 7) is 6.92. The first-order chi connectivity index (χ1) is 11.8. The molecule has 0 aliphatic heterocycles. The molecule has 0 saturated heterocycles. The molecule has 5 nitrogen and oxygen atoms in total. The van der Waals surface area contributed by atoms with Crippen molar-refractivity contribution >= 4 is 10.0 Å². The van der Waals surface area contributed by atoms with Gasteiger partial charge in [-0.2, -0.15) is 5.10 Å². The van der Waals surface area contributed by atoms with E-state index in [1.54, 1.807) is 12.1 Å². The molecule has 2 N–H and O–H groups in total. The van der Waals surface area contributed by atoms with Crippen molar-refractivity contribution in [2.24, 2.45) is 5.14 Å². The van der Waals surface area contributed by atoms with Crippen LogP contribution in [0.15, 0.2) is 53.4 Å². The van der Waals surface area contributed by atoms with Crippen molar-refractivity contribution in [3.8, 4) is 22.4 Å². The minimum Gasteiger partial charge on any atom is -0.269 e. The third-order valence-electron chi connectivity index (χ3n) is 4.30. The molecule has 2 aromatic carbocycles. The zero-order chi connectivity index (χ0) is 18.2. The molecule has 0 spiro atoms. The van der Waals surface area contributed by atoms with Crippen molar-refractivity contribution in [3.63, 3.8) is 0 Å². The lowest BCUT2D eigenvalue weighted by molar-refractivity contribution is 0.598. The predicted octanol–water partition coefficient (Wildman–Crippen LogP) is 3.50. The van der Waals surface area contributed by atoms with Gasteiger partial charge in [0, 0.05) is 23.4 Å². The Kier molecular flexibility index (Phi) is 4.49. The molecule has 130 valence electrons. The third-order valence-corrected chi connectivity index (χ3v) is 5.23. The van der Waals surface area contributed by atoms with E-state index in [0.717, 1.165) is 34.6 Å². The van der Waals surface area contributed by atoms with Gasteiger partial charge in [0.15, 0.2) is 0 Å². The van der Waals surface area contributed by atoms with Crippen LogP contribution < -0.4 is 5.14 Å². The first kappa shape index (κ1) is 17.4. The van der Waals surface area contributed by atoms with Crippen LogP contribution >= 0.6 is 0 Å².